The van der Waals surface area contributed by atoms with Crippen LogP contribution in [0.4, 0.5) is 0 Å². The monoisotopic (exact) mass is 387 g/mol. The first kappa shape index (κ1) is 18.4. The maximum atomic E-state index is 4.96. The van der Waals surface area contributed by atoms with Crippen molar-refractivity contribution in [2.24, 2.45) is 10.9 Å². The molecule has 2 aromatic heterocycles. The van der Waals surface area contributed by atoms with Crippen LogP contribution in [-0.4, -0.2) is 51.2 Å². The molecule has 2 aromatic rings. The van der Waals surface area contributed by atoms with Gasteiger partial charge in [0.1, 0.15) is 11.5 Å². The Kier molecular flexibility index (Phi) is 4.63. The number of likely N-dealkylation sites (tertiary alicyclic amines) is 1. The van der Waals surface area contributed by atoms with E-state index in [4.69, 9.17) is 4.99 Å². The SMILES string of the molecule is CCN1CCC(C2=CN3CC=C(c4cc(C)c5nc(C)cn5c4)N=C3C=C2)CC1. The van der Waals surface area contributed by atoms with Crippen molar-refractivity contribution in [2.45, 2.75) is 33.6 Å². The molecule has 5 heterocycles. The zero-order valence-electron chi connectivity index (χ0n) is 17.6. The van der Waals surface area contributed by atoms with Crippen molar-refractivity contribution >= 4 is 17.2 Å². The highest BCUT2D eigenvalue weighted by Gasteiger charge is 2.24. The Hall–Kier alpha value is -2.66. The zero-order chi connectivity index (χ0) is 20.0. The Morgan fingerprint density at radius 2 is 1.93 bits per heavy atom. The van der Waals surface area contributed by atoms with Crippen molar-refractivity contribution in [3.63, 3.8) is 0 Å². The molecule has 5 nitrogen and oxygen atoms in total. The second-order valence-corrected chi connectivity index (χ2v) is 8.41. The molecule has 0 bridgehead atoms. The Morgan fingerprint density at radius 3 is 2.72 bits per heavy atom. The summed E-state index contributed by atoms with van der Waals surface area (Å²) < 4.78 is 2.12. The molecular formula is C24H29N5. The number of imidazole rings is 1. The molecule has 1 fully saturated rings. The molecule has 0 aliphatic carbocycles. The van der Waals surface area contributed by atoms with Crippen LogP contribution in [-0.2, 0) is 0 Å². The van der Waals surface area contributed by atoms with Gasteiger partial charge in [0.25, 0.3) is 0 Å². The molecule has 0 spiro atoms. The number of allylic oxidation sites excluding steroid dienone is 2. The summed E-state index contributed by atoms with van der Waals surface area (Å²) >= 11 is 0. The van der Waals surface area contributed by atoms with E-state index >= 15 is 0 Å². The summed E-state index contributed by atoms with van der Waals surface area (Å²) in [6, 6.07) is 2.20. The van der Waals surface area contributed by atoms with Crippen molar-refractivity contribution in [1.82, 2.24) is 19.2 Å². The van der Waals surface area contributed by atoms with Gasteiger partial charge in [-0.05, 0) is 81.6 Å². The topological polar surface area (TPSA) is 36.1 Å². The molecule has 5 rings (SSSR count). The van der Waals surface area contributed by atoms with E-state index in [1.807, 2.05) is 6.92 Å². The summed E-state index contributed by atoms with van der Waals surface area (Å²) in [5, 5.41) is 0. The molecule has 3 aliphatic heterocycles. The highest BCUT2D eigenvalue weighted by molar-refractivity contribution is 6.00. The smallest absolute Gasteiger partial charge is 0.139 e. The molecule has 29 heavy (non-hydrogen) atoms. The maximum Gasteiger partial charge on any atom is 0.139 e. The van der Waals surface area contributed by atoms with Gasteiger partial charge in [0.15, 0.2) is 0 Å². The van der Waals surface area contributed by atoms with Gasteiger partial charge in [0.2, 0.25) is 0 Å². The second kappa shape index (κ2) is 7.30. The number of fused-ring (bicyclic) bond motifs is 2. The minimum absolute atomic E-state index is 0.676. The zero-order valence-corrected chi connectivity index (χ0v) is 17.6. The highest BCUT2D eigenvalue weighted by Crippen LogP contribution is 2.30. The molecule has 1 saturated heterocycles. The number of amidine groups is 1. The van der Waals surface area contributed by atoms with Crippen molar-refractivity contribution in [3.05, 3.63) is 65.3 Å². The average molecular weight is 388 g/mol. The van der Waals surface area contributed by atoms with Gasteiger partial charge in [-0.2, -0.15) is 0 Å². The summed E-state index contributed by atoms with van der Waals surface area (Å²) in [5.74, 6) is 1.72. The molecule has 0 radical (unpaired) electrons. The number of aryl methyl sites for hydroxylation is 2. The fourth-order valence-electron chi connectivity index (χ4n) is 4.69. The van der Waals surface area contributed by atoms with Crippen molar-refractivity contribution in [3.8, 4) is 0 Å². The Bertz CT molecular complexity index is 1060. The first-order chi connectivity index (χ1) is 14.1. The Balaban J connectivity index is 1.36. The van der Waals surface area contributed by atoms with Crippen LogP contribution in [0.3, 0.4) is 0 Å². The number of hydrogen-bond donors (Lipinski definition) is 0. The number of nitrogens with zero attached hydrogens (tertiary/aromatic N) is 5. The lowest BCUT2D eigenvalue weighted by Crippen LogP contribution is -2.35. The van der Waals surface area contributed by atoms with E-state index in [-0.39, 0.29) is 0 Å². The molecule has 0 saturated carbocycles. The van der Waals surface area contributed by atoms with Crippen LogP contribution in [0.15, 0.2) is 53.5 Å². The number of pyridine rings is 1. The van der Waals surface area contributed by atoms with Gasteiger partial charge in [-0.15, -0.1) is 0 Å². The van der Waals surface area contributed by atoms with E-state index < -0.39 is 0 Å². The lowest BCUT2D eigenvalue weighted by atomic mass is 9.88. The third kappa shape index (κ3) is 3.44. The van der Waals surface area contributed by atoms with Gasteiger partial charge >= 0.3 is 0 Å². The van der Waals surface area contributed by atoms with Gasteiger partial charge in [-0.1, -0.05) is 13.0 Å². The van der Waals surface area contributed by atoms with Gasteiger partial charge in [0, 0.05) is 30.7 Å². The van der Waals surface area contributed by atoms with Gasteiger partial charge in [-0.25, -0.2) is 9.98 Å². The lowest BCUT2D eigenvalue weighted by Gasteiger charge is -2.34. The fourth-order valence-corrected chi connectivity index (χ4v) is 4.69. The number of hydrogen-bond acceptors (Lipinski definition) is 4. The minimum Gasteiger partial charge on any atom is -0.329 e. The van der Waals surface area contributed by atoms with E-state index in [2.05, 4.69) is 75.9 Å². The predicted octanol–water partition coefficient (Wildman–Crippen LogP) is 4.19. The predicted molar refractivity (Wildman–Crippen MR) is 119 cm³/mol. The first-order valence-corrected chi connectivity index (χ1v) is 10.7. The van der Waals surface area contributed by atoms with E-state index in [9.17, 15) is 0 Å². The van der Waals surface area contributed by atoms with Crippen LogP contribution in [0, 0.1) is 19.8 Å². The van der Waals surface area contributed by atoms with Crippen LogP contribution in [0.25, 0.3) is 11.3 Å². The quantitative estimate of drug-likeness (QED) is 0.792. The molecular weight excluding hydrogens is 358 g/mol. The number of rotatable bonds is 3. The molecule has 0 unspecified atom stereocenters. The normalized spacial score (nSPS) is 20.5. The third-order valence-corrected chi connectivity index (χ3v) is 6.40. The molecule has 5 heteroatoms. The summed E-state index contributed by atoms with van der Waals surface area (Å²) in [6.45, 7) is 10.9. The van der Waals surface area contributed by atoms with Crippen molar-refractivity contribution < 1.29 is 0 Å². The Morgan fingerprint density at radius 1 is 1.10 bits per heavy atom. The Labute approximate surface area is 172 Å². The van der Waals surface area contributed by atoms with Crippen LogP contribution < -0.4 is 0 Å². The van der Waals surface area contributed by atoms with Crippen molar-refractivity contribution in [1.29, 1.82) is 0 Å². The molecule has 0 N–H and O–H groups in total. The summed E-state index contributed by atoms with van der Waals surface area (Å²) in [6.07, 6.45) is 15.8. The van der Waals surface area contributed by atoms with E-state index in [1.165, 1.54) is 43.6 Å². The summed E-state index contributed by atoms with van der Waals surface area (Å²) in [5.41, 5.74) is 6.90. The van der Waals surface area contributed by atoms with Crippen LogP contribution in [0.5, 0.6) is 0 Å². The van der Waals surface area contributed by atoms with Gasteiger partial charge in [-0.3, -0.25) is 0 Å². The standard InChI is InChI=1S/C24H29N5/c1-4-27-10-7-19(8-11-27)20-5-6-23-26-22(9-12-28(23)15-20)21-13-17(2)24-25-18(3)14-29(24)16-21/h5-6,9,13-16,19H,4,7-8,10-12H2,1-3H3. The first-order valence-electron chi connectivity index (χ1n) is 10.7. The maximum absolute atomic E-state index is 4.96. The van der Waals surface area contributed by atoms with Gasteiger partial charge in [0.05, 0.1) is 11.4 Å². The number of aromatic nitrogens is 2. The average Bonchev–Trinajstić information content (AvgIpc) is 3.14. The van der Waals surface area contributed by atoms with Crippen LogP contribution in [0.1, 0.15) is 36.6 Å². The van der Waals surface area contributed by atoms with Crippen LogP contribution >= 0.6 is 0 Å². The largest absolute Gasteiger partial charge is 0.329 e. The molecule has 0 atom stereocenters. The summed E-state index contributed by atoms with van der Waals surface area (Å²) in [7, 11) is 0. The highest BCUT2D eigenvalue weighted by atomic mass is 15.2. The van der Waals surface area contributed by atoms with Crippen LogP contribution in [0.2, 0.25) is 0 Å². The molecule has 0 aromatic carbocycles. The minimum atomic E-state index is 0.676. The van der Waals surface area contributed by atoms with E-state index in [0.29, 0.717) is 5.92 Å². The molecule has 150 valence electrons. The second-order valence-electron chi connectivity index (χ2n) is 8.41. The van der Waals surface area contributed by atoms with Crippen molar-refractivity contribution in [2.75, 3.05) is 26.2 Å². The number of piperidine rings is 1. The molecule has 3 aliphatic rings. The molecule has 0 amide bonds. The summed E-state index contributed by atoms with van der Waals surface area (Å²) in [4.78, 5) is 14.4. The number of aliphatic imine (C=N–C) groups is 1. The van der Waals surface area contributed by atoms with E-state index in [0.717, 1.165) is 35.0 Å². The van der Waals surface area contributed by atoms with Gasteiger partial charge < -0.3 is 14.2 Å². The third-order valence-electron chi connectivity index (χ3n) is 6.40. The fraction of sp³-hybridized carbons (Fsp3) is 0.417. The van der Waals surface area contributed by atoms with E-state index in [1.54, 1.807) is 0 Å². The lowest BCUT2D eigenvalue weighted by molar-refractivity contribution is 0.208.